The van der Waals surface area contributed by atoms with Gasteiger partial charge in [0.2, 0.25) is 0 Å². The van der Waals surface area contributed by atoms with Gasteiger partial charge in [-0.1, -0.05) is 27.7 Å². The molecule has 54 heavy (non-hydrogen) atoms. The summed E-state index contributed by atoms with van der Waals surface area (Å²) in [6.45, 7) is 20.8. The van der Waals surface area contributed by atoms with Crippen molar-refractivity contribution in [3.63, 3.8) is 0 Å². The van der Waals surface area contributed by atoms with Gasteiger partial charge < -0.3 is 49.0 Å². The number of rotatable bonds is 12. The highest BCUT2D eigenvalue weighted by Gasteiger charge is 2.58. The van der Waals surface area contributed by atoms with Crippen molar-refractivity contribution < 1.29 is 38.0 Å². The molecular formula is C35H54N8O10Si. The largest absolute Gasteiger partial charge is 0.414 e. The van der Waals surface area contributed by atoms with Crippen LogP contribution in [-0.4, -0.2) is 104 Å². The molecule has 298 valence electrons. The molecule has 0 spiro atoms. The molecule has 3 aromatic heterocycles. The van der Waals surface area contributed by atoms with E-state index >= 15 is 0 Å². The highest BCUT2D eigenvalue weighted by Crippen LogP contribution is 2.47. The maximum Gasteiger partial charge on any atom is 0.330 e. The van der Waals surface area contributed by atoms with Gasteiger partial charge in [-0.15, -0.1) is 0 Å². The second-order valence-corrected chi connectivity index (χ2v) is 21.5. The van der Waals surface area contributed by atoms with Crippen molar-refractivity contribution in [1.29, 1.82) is 0 Å². The normalized spacial score (nSPS) is 30.4. The average Bonchev–Trinajstić information content (AvgIpc) is 3.85. The Hall–Kier alpha value is -3.11. The number of aromatic nitrogens is 6. The Morgan fingerprint density at radius 1 is 0.981 bits per heavy atom. The molecule has 7 rings (SSSR count). The third-order valence-corrected chi connectivity index (χ3v) is 16.4. The molecule has 4 aliphatic heterocycles. The zero-order chi connectivity index (χ0) is 39.1. The van der Waals surface area contributed by atoms with E-state index in [0.717, 1.165) is 0 Å². The molecule has 19 heteroatoms. The molecule has 0 unspecified atom stereocenters. The van der Waals surface area contributed by atoms with Gasteiger partial charge in [-0.05, 0) is 51.7 Å². The van der Waals surface area contributed by atoms with Gasteiger partial charge in [0.25, 0.3) is 5.56 Å². The van der Waals surface area contributed by atoms with Crippen LogP contribution >= 0.6 is 0 Å². The van der Waals surface area contributed by atoms with Crippen LogP contribution in [0.4, 0.5) is 5.82 Å². The Morgan fingerprint density at radius 3 is 2.20 bits per heavy atom. The number of hydrogen-bond donors (Lipinski definition) is 4. The minimum atomic E-state index is -2.23. The van der Waals surface area contributed by atoms with Gasteiger partial charge in [0.1, 0.15) is 55.4 Å². The quantitative estimate of drug-likeness (QED) is 0.194. The number of nitrogens with two attached hydrogens (primary N) is 1. The van der Waals surface area contributed by atoms with Crippen LogP contribution in [0, 0.1) is 5.92 Å². The number of nitrogens with one attached hydrogen (secondary N) is 2. The maximum atomic E-state index is 13.6. The number of fused-ring (bicyclic) bond motifs is 3. The molecule has 4 aliphatic rings. The van der Waals surface area contributed by atoms with E-state index in [1.165, 1.54) is 17.0 Å². The number of aliphatic hydroxyl groups excluding tert-OH is 1. The number of H-pyrrole nitrogens is 1. The van der Waals surface area contributed by atoms with Crippen molar-refractivity contribution in [3.05, 3.63) is 44.8 Å². The van der Waals surface area contributed by atoms with E-state index in [-0.39, 0.29) is 36.4 Å². The standard InChI is InChI=1S/C35H54N8O10Si/c1-17(2)33(3,4)54(9,10)47-15-20-25-27(53-35(7,8)51-25)30(49-20)42-18(11-22(45)41-32(42)46)12-37-13-19-24-26(52-34(5,6)50-24)31(48-19)43-21(14-44)40-23-28(36)38-16-39-29(23)43/h11,16-17,19-20,24-27,30-31,37,44H,12-15H2,1-10H3,(H2,36,38,39)(H,41,45,46)/t19-,20-,24-,25-,26-,27-,30-,31-/m1/s1. The summed E-state index contributed by atoms with van der Waals surface area (Å²) in [4.78, 5) is 41.6. The van der Waals surface area contributed by atoms with Crippen molar-refractivity contribution in [2.45, 2.75) is 147 Å². The van der Waals surface area contributed by atoms with Crippen molar-refractivity contribution in [1.82, 2.24) is 34.4 Å². The average molecular weight is 775 g/mol. The summed E-state index contributed by atoms with van der Waals surface area (Å²) >= 11 is 0. The minimum absolute atomic E-state index is 0.0179. The summed E-state index contributed by atoms with van der Waals surface area (Å²) in [5, 5.41) is 13.6. The van der Waals surface area contributed by atoms with E-state index in [1.54, 1.807) is 4.57 Å². The van der Waals surface area contributed by atoms with Crippen LogP contribution in [0.3, 0.4) is 0 Å². The highest BCUT2D eigenvalue weighted by molar-refractivity contribution is 6.74. The highest BCUT2D eigenvalue weighted by atomic mass is 28.4. The number of ether oxygens (including phenoxy) is 6. The molecule has 8 atom stereocenters. The lowest BCUT2D eigenvalue weighted by molar-refractivity contribution is -0.200. The Kier molecular flexibility index (Phi) is 10.0. The third kappa shape index (κ3) is 6.85. The molecule has 18 nitrogen and oxygen atoms in total. The Bertz CT molecular complexity index is 2000. The summed E-state index contributed by atoms with van der Waals surface area (Å²) in [6, 6.07) is 1.37. The second-order valence-electron chi connectivity index (χ2n) is 16.9. The molecule has 0 aromatic carbocycles. The third-order valence-electron chi connectivity index (χ3n) is 11.8. The maximum absolute atomic E-state index is 13.6. The summed E-state index contributed by atoms with van der Waals surface area (Å²) in [7, 11) is -2.23. The van der Waals surface area contributed by atoms with Gasteiger partial charge in [-0.25, -0.2) is 19.7 Å². The Morgan fingerprint density at radius 2 is 1.57 bits per heavy atom. The van der Waals surface area contributed by atoms with Crippen molar-refractivity contribution >= 4 is 25.3 Å². The first-order chi connectivity index (χ1) is 25.2. The molecule has 0 aliphatic carbocycles. The zero-order valence-electron chi connectivity index (χ0n) is 32.6. The van der Waals surface area contributed by atoms with Crippen molar-refractivity contribution in [2.24, 2.45) is 5.92 Å². The molecular weight excluding hydrogens is 721 g/mol. The molecule has 4 fully saturated rings. The first kappa shape index (κ1) is 39.1. The molecule has 3 aromatic rings. The fourth-order valence-corrected chi connectivity index (χ4v) is 10.2. The van der Waals surface area contributed by atoms with Gasteiger partial charge in [-0.2, -0.15) is 0 Å². The van der Waals surface area contributed by atoms with Gasteiger partial charge in [0, 0.05) is 24.8 Å². The van der Waals surface area contributed by atoms with Gasteiger partial charge in [-0.3, -0.25) is 18.9 Å². The number of hydrogen-bond acceptors (Lipinski definition) is 15. The molecule has 0 saturated carbocycles. The summed E-state index contributed by atoms with van der Waals surface area (Å²) < 4.78 is 48.2. The number of anilines is 1. The van der Waals surface area contributed by atoms with E-state index in [9.17, 15) is 14.7 Å². The zero-order valence-corrected chi connectivity index (χ0v) is 33.6. The number of nitrogens with zero attached hydrogens (tertiary/aromatic N) is 5. The minimum Gasteiger partial charge on any atom is -0.414 e. The van der Waals surface area contributed by atoms with Crippen LogP contribution in [0.15, 0.2) is 22.0 Å². The predicted molar refractivity (Wildman–Crippen MR) is 196 cm³/mol. The number of nitrogen functional groups attached to an aromatic ring is 1. The SMILES string of the molecule is CC(C)C(C)(C)[Si](C)(C)OC[C@H]1O[C@@H](n2c(CNC[C@H]3O[C@@H](n4c(CO)nc5c(N)ncnc54)[C@@H]4OC(C)(C)O[C@@H]43)cc(=O)[nH]c2=O)[C@@H]2OC(C)(C)O[C@@H]21. The van der Waals surface area contributed by atoms with Gasteiger partial charge in [0.15, 0.2) is 49.3 Å². The summed E-state index contributed by atoms with van der Waals surface area (Å²) in [6.07, 6.45) is -3.71. The molecule has 0 amide bonds. The first-order valence-corrected chi connectivity index (χ1v) is 21.4. The molecule has 4 saturated heterocycles. The lowest BCUT2D eigenvalue weighted by Crippen LogP contribution is -2.47. The predicted octanol–water partition coefficient (Wildman–Crippen LogP) is 2.03. The summed E-state index contributed by atoms with van der Waals surface area (Å²) in [5.41, 5.74) is 6.00. The van der Waals surface area contributed by atoms with E-state index in [1.807, 2.05) is 27.7 Å². The second kappa shape index (κ2) is 13.8. The van der Waals surface area contributed by atoms with E-state index < -0.39 is 86.8 Å². The summed E-state index contributed by atoms with van der Waals surface area (Å²) in [5.74, 6) is -0.994. The first-order valence-electron chi connectivity index (χ1n) is 18.5. The van der Waals surface area contributed by atoms with Crippen LogP contribution in [0.5, 0.6) is 0 Å². The smallest absolute Gasteiger partial charge is 0.330 e. The topological polar surface area (TPSA) is 221 Å². The molecule has 5 N–H and O–H groups in total. The Balaban J connectivity index is 1.12. The number of aliphatic hydroxyl groups is 1. The van der Waals surface area contributed by atoms with Crippen LogP contribution in [0.1, 0.15) is 79.4 Å². The van der Waals surface area contributed by atoms with Crippen LogP contribution in [0.2, 0.25) is 18.1 Å². The van der Waals surface area contributed by atoms with Gasteiger partial charge in [0.05, 0.1) is 6.61 Å². The fourth-order valence-electron chi connectivity index (χ4n) is 7.87. The van der Waals surface area contributed by atoms with Crippen LogP contribution < -0.4 is 22.3 Å². The van der Waals surface area contributed by atoms with Gasteiger partial charge >= 0.3 is 5.69 Å². The lowest BCUT2D eigenvalue weighted by Gasteiger charge is -2.43. The molecule has 7 heterocycles. The van der Waals surface area contributed by atoms with Crippen molar-refractivity contribution in [2.75, 3.05) is 18.9 Å². The van der Waals surface area contributed by atoms with Crippen LogP contribution in [0.25, 0.3) is 11.2 Å². The van der Waals surface area contributed by atoms with E-state index in [2.05, 4.69) is 66.0 Å². The fraction of sp³-hybridized carbons (Fsp3) is 0.743. The van der Waals surface area contributed by atoms with E-state index in [0.29, 0.717) is 22.8 Å². The molecule has 0 radical (unpaired) electrons. The number of imidazole rings is 1. The Labute approximate surface area is 314 Å². The van der Waals surface area contributed by atoms with E-state index in [4.69, 9.17) is 38.6 Å². The number of aromatic amines is 1. The lowest BCUT2D eigenvalue weighted by atomic mass is 9.99. The molecule has 0 bridgehead atoms. The monoisotopic (exact) mass is 774 g/mol. The van der Waals surface area contributed by atoms with Crippen molar-refractivity contribution in [3.8, 4) is 0 Å². The van der Waals surface area contributed by atoms with Crippen LogP contribution in [-0.2, 0) is 46.0 Å².